The highest BCUT2D eigenvalue weighted by atomic mass is 32.2. The van der Waals surface area contributed by atoms with Crippen LogP contribution in [0.15, 0.2) is 47.5 Å². The van der Waals surface area contributed by atoms with Crippen LogP contribution in [0.2, 0.25) is 0 Å². The number of H-pyrrole nitrogens is 1. The minimum atomic E-state index is -2.36. The van der Waals surface area contributed by atoms with Crippen molar-refractivity contribution in [1.82, 2.24) is 15.3 Å². The van der Waals surface area contributed by atoms with Crippen molar-refractivity contribution in [2.75, 3.05) is 0 Å². The van der Waals surface area contributed by atoms with Gasteiger partial charge in [-0.2, -0.15) is 0 Å². The van der Waals surface area contributed by atoms with Gasteiger partial charge >= 0.3 is 0 Å². The van der Waals surface area contributed by atoms with Crippen LogP contribution in [0.25, 0.3) is 33.1 Å². The summed E-state index contributed by atoms with van der Waals surface area (Å²) in [5.41, 5.74) is 5.36. The number of benzene rings is 2. The van der Waals surface area contributed by atoms with Crippen LogP contribution < -0.4 is 5.32 Å². The van der Waals surface area contributed by atoms with Crippen molar-refractivity contribution in [2.24, 2.45) is 0 Å². The zero-order valence-electron chi connectivity index (χ0n) is 19.1. The van der Waals surface area contributed by atoms with Gasteiger partial charge in [0.15, 0.2) is 0 Å². The Morgan fingerprint density at radius 3 is 2.68 bits per heavy atom. The molecule has 1 atom stereocenters. The Bertz CT molecular complexity index is 1440. The predicted molar refractivity (Wildman–Crippen MR) is 131 cm³/mol. The molecule has 176 valence electrons. The van der Waals surface area contributed by atoms with Crippen LogP contribution >= 0.6 is 0 Å². The molecular formula is C26H26N3O4S-. The number of fused-ring (bicyclic) bond motifs is 3. The molecule has 0 saturated heterocycles. The monoisotopic (exact) mass is 476 g/mol. The first kappa shape index (κ1) is 22.7. The van der Waals surface area contributed by atoms with E-state index in [9.17, 15) is 18.7 Å². The lowest BCUT2D eigenvalue weighted by molar-refractivity contribution is 0.0867. The van der Waals surface area contributed by atoms with E-state index < -0.39 is 11.1 Å². The Kier molecular flexibility index (Phi) is 5.97. The quantitative estimate of drug-likeness (QED) is 0.380. The molecule has 0 radical (unpaired) electrons. The lowest BCUT2D eigenvalue weighted by atomic mass is 9.91. The summed E-state index contributed by atoms with van der Waals surface area (Å²) in [5, 5.41) is 14.8. The van der Waals surface area contributed by atoms with Crippen molar-refractivity contribution < 1.29 is 18.7 Å². The lowest BCUT2D eigenvalue weighted by Crippen LogP contribution is -2.38. The number of aryl methyl sites for hydroxylation is 2. The second-order valence-electron chi connectivity index (χ2n) is 9.12. The molecule has 0 spiro atoms. The Labute approximate surface area is 199 Å². The highest BCUT2D eigenvalue weighted by Gasteiger charge is 2.24. The average Bonchev–Trinajstić information content (AvgIpc) is 3.20. The van der Waals surface area contributed by atoms with Gasteiger partial charge in [-0.25, -0.2) is 4.98 Å². The lowest BCUT2D eigenvalue weighted by Gasteiger charge is -2.26. The van der Waals surface area contributed by atoms with Gasteiger partial charge in [0.25, 0.3) is 5.91 Å². The Hall–Kier alpha value is -3.07. The number of hydrogen-bond donors (Lipinski definition) is 3. The molecule has 3 N–H and O–H groups in total. The number of carbonyl (C=O) groups is 1. The summed E-state index contributed by atoms with van der Waals surface area (Å²) in [7, 11) is 0. The number of nitrogens with one attached hydrogen (secondary N) is 2. The van der Waals surface area contributed by atoms with E-state index in [4.69, 9.17) is 0 Å². The van der Waals surface area contributed by atoms with Crippen molar-refractivity contribution >= 4 is 38.9 Å². The van der Waals surface area contributed by atoms with Crippen molar-refractivity contribution in [3.8, 4) is 11.1 Å². The van der Waals surface area contributed by atoms with Crippen LogP contribution in [-0.4, -0.2) is 41.9 Å². The number of nitrogens with zero attached hydrogens (tertiary/aromatic N) is 1. The van der Waals surface area contributed by atoms with Gasteiger partial charge in [-0.3, -0.25) is 9.00 Å². The largest absolute Gasteiger partial charge is 0.768 e. The van der Waals surface area contributed by atoms with Gasteiger partial charge in [0, 0.05) is 33.5 Å². The number of hydrogen-bond acceptors (Lipinski definition) is 5. The standard InChI is InChI=1S/C26H27N3O4S/c1-14-10-22-23-21(16-4-3-5-19(11-16)34(32)33)12-20(15(2)24(23)29-25(22)27-13-14)26(31)28-17-6-8-18(30)9-7-17/h3-5,10-13,17-18,30H,6-9H2,1-2H3,(H,27,29)(H,28,31)(H,32,33)/p-1. The van der Waals surface area contributed by atoms with Crippen molar-refractivity contribution in [2.45, 2.75) is 56.6 Å². The number of rotatable bonds is 4. The third kappa shape index (κ3) is 4.13. The summed E-state index contributed by atoms with van der Waals surface area (Å²) in [6, 6.07) is 10.7. The molecule has 2 heterocycles. The van der Waals surface area contributed by atoms with Crippen LogP contribution in [0.1, 0.15) is 47.2 Å². The van der Waals surface area contributed by atoms with Crippen LogP contribution in [0.4, 0.5) is 0 Å². The first-order chi connectivity index (χ1) is 16.3. The van der Waals surface area contributed by atoms with Crippen LogP contribution in [0.3, 0.4) is 0 Å². The van der Waals surface area contributed by atoms with E-state index in [-0.39, 0.29) is 22.9 Å². The van der Waals surface area contributed by atoms with E-state index in [1.54, 1.807) is 24.4 Å². The third-order valence-corrected chi connectivity index (χ3v) is 7.38. The number of amides is 1. The molecule has 7 nitrogen and oxygen atoms in total. The van der Waals surface area contributed by atoms with Gasteiger partial charge in [-0.1, -0.05) is 12.1 Å². The molecule has 1 aliphatic rings. The summed E-state index contributed by atoms with van der Waals surface area (Å²) >= 11 is -2.36. The summed E-state index contributed by atoms with van der Waals surface area (Å²) in [4.78, 5) is 21.5. The zero-order chi connectivity index (χ0) is 24.0. The maximum atomic E-state index is 13.4. The Balaban J connectivity index is 1.69. The molecule has 4 aromatic rings. The van der Waals surface area contributed by atoms with Crippen LogP contribution in [0.5, 0.6) is 0 Å². The van der Waals surface area contributed by atoms with Crippen molar-refractivity contribution in [1.29, 1.82) is 0 Å². The van der Waals surface area contributed by atoms with Gasteiger partial charge in [0.2, 0.25) is 0 Å². The normalized spacial score (nSPS) is 19.4. The number of aromatic amines is 1. The summed E-state index contributed by atoms with van der Waals surface area (Å²) in [5.74, 6) is -0.173. The van der Waals surface area contributed by atoms with Crippen molar-refractivity contribution in [3.63, 3.8) is 0 Å². The molecule has 2 aromatic carbocycles. The first-order valence-corrected chi connectivity index (χ1v) is 12.5. The third-order valence-electron chi connectivity index (χ3n) is 6.74. The Morgan fingerprint density at radius 2 is 1.94 bits per heavy atom. The fraction of sp³-hybridized carbons (Fsp3) is 0.308. The smallest absolute Gasteiger partial charge is 0.251 e. The average molecular weight is 477 g/mol. The van der Waals surface area contributed by atoms with E-state index in [0.717, 1.165) is 45.8 Å². The van der Waals surface area contributed by atoms with E-state index in [1.807, 2.05) is 32.0 Å². The van der Waals surface area contributed by atoms with Gasteiger partial charge < -0.3 is 20.0 Å². The minimum absolute atomic E-state index is 0.0210. The summed E-state index contributed by atoms with van der Waals surface area (Å²) < 4.78 is 23.3. The van der Waals surface area contributed by atoms with Gasteiger partial charge in [-0.05, 0) is 97.1 Å². The SMILES string of the molecule is Cc1cnc2[nH]c3c(C)c(C(=O)NC4CCC(O)CC4)cc(-c4cccc(S(=O)[O-])c4)c3c2c1. The molecular weight excluding hydrogens is 450 g/mol. The summed E-state index contributed by atoms with van der Waals surface area (Å²) in [6.45, 7) is 3.89. The van der Waals surface area contributed by atoms with E-state index in [1.165, 1.54) is 0 Å². The zero-order valence-corrected chi connectivity index (χ0v) is 19.9. The predicted octanol–water partition coefficient (Wildman–Crippen LogP) is 4.27. The number of aliphatic hydroxyl groups excluding tert-OH is 1. The van der Waals surface area contributed by atoms with E-state index in [2.05, 4.69) is 15.3 Å². The first-order valence-electron chi connectivity index (χ1n) is 11.4. The fourth-order valence-electron chi connectivity index (χ4n) is 4.91. The van der Waals surface area contributed by atoms with Gasteiger partial charge in [0.1, 0.15) is 5.65 Å². The maximum Gasteiger partial charge on any atom is 0.251 e. The molecule has 0 aliphatic heterocycles. The van der Waals surface area contributed by atoms with Crippen LogP contribution in [0, 0.1) is 13.8 Å². The number of aromatic nitrogens is 2. The second kappa shape index (κ2) is 8.94. The molecule has 8 heteroatoms. The van der Waals surface area contributed by atoms with Gasteiger partial charge in [-0.15, -0.1) is 0 Å². The maximum absolute atomic E-state index is 13.4. The summed E-state index contributed by atoms with van der Waals surface area (Å²) in [6.07, 6.45) is 4.35. The molecule has 2 aromatic heterocycles. The fourth-order valence-corrected chi connectivity index (χ4v) is 5.32. The topological polar surface area (TPSA) is 118 Å². The highest BCUT2D eigenvalue weighted by molar-refractivity contribution is 7.79. The highest BCUT2D eigenvalue weighted by Crippen LogP contribution is 2.38. The molecule has 1 saturated carbocycles. The number of carbonyl (C=O) groups excluding carboxylic acids is 1. The molecule has 34 heavy (non-hydrogen) atoms. The Morgan fingerprint density at radius 1 is 1.18 bits per heavy atom. The number of pyridine rings is 1. The van der Waals surface area contributed by atoms with E-state index in [0.29, 0.717) is 29.6 Å². The van der Waals surface area contributed by atoms with Crippen molar-refractivity contribution in [3.05, 3.63) is 59.3 Å². The molecule has 1 amide bonds. The molecule has 5 rings (SSSR count). The number of aliphatic hydroxyl groups is 1. The molecule has 1 fully saturated rings. The molecule has 1 unspecified atom stereocenters. The van der Waals surface area contributed by atoms with Crippen LogP contribution in [-0.2, 0) is 11.1 Å². The molecule has 1 aliphatic carbocycles. The van der Waals surface area contributed by atoms with E-state index >= 15 is 0 Å². The van der Waals surface area contributed by atoms with Gasteiger partial charge in [0.05, 0.1) is 11.6 Å². The minimum Gasteiger partial charge on any atom is -0.768 e. The molecule has 0 bridgehead atoms. The second-order valence-corrected chi connectivity index (χ2v) is 10.1.